The molecule has 1 amide bonds. The summed E-state index contributed by atoms with van der Waals surface area (Å²) < 4.78 is 40.6. The predicted molar refractivity (Wildman–Crippen MR) is 125 cm³/mol. The largest absolute Gasteiger partial charge is 0.351 e. The second-order valence-electron chi connectivity index (χ2n) is 9.31. The number of alkyl halides is 2. The lowest BCUT2D eigenvalue weighted by atomic mass is 9.97. The highest BCUT2D eigenvalue weighted by atomic mass is 35.5. The van der Waals surface area contributed by atoms with E-state index in [1.54, 1.807) is 17.9 Å². The van der Waals surface area contributed by atoms with E-state index in [-0.39, 0.29) is 28.5 Å². The third-order valence-corrected chi connectivity index (χ3v) is 7.31. The molecular formula is C24H24ClF3N6O. The number of fused-ring (bicyclic) bond motifs is 1. The van der Waals surface area contributed by atoms with E-state index in [0.29, 0.717) is 29.2 Å². The maximum atomic E-state index is 13.5. The first-order chi connectivity index (χ1) is 16.8. The Morgan fingerprint density at radius 2 is 1.80 bits per heavy atom. The third kappa shape index (κ3) is 4.84. The molecule has 2 aromatic heterocycles. The molecule has 0 saturated heterocycles. The van der Waals surface area contributed by atoms with Crippen LogP contribution in [0.25, 0.3) is 0 Å². The summed E-state index contributed by atoms with van der Waals surface area (Å²) in [6.45, 7) is 0. The molecule has 0 spiro atoms. The summed E-state index contributed by atoms with van der Waals surface area (Å²) in [6.07, 6.45) is 5.02. The molecule has 2 unspecified atom stereocenters. The normalized spacial score (nSPS) is 23.5. The molecule has 2 fully saturated rings. The van der Waals surface area contributed by atoms with Crippen LogP contribution in [-0.4, -0.2) is 31.5 Å². The van der Waals surface area contributed by atoms with Crippen molar-refractivity contribution in [3.8, 4) is 0 Å². The Bertz CT molecular complexity index is 1220. The van der Waals surface area contributed by atoms with Crippen molar-refractivity contribution in [2.24, 2.45) is 18.9 Å². The van der Waals surface area contributed by atoms with Gasteiger partial charge >= 0.3 is 0 Å². The minimum Gasteiger partial charge on any atom is -0.351 e. The van der Waals surface area contributed by atoms with Gasteiger partial charge in [-0.15, -0.1) is 0 Å². The van der Waals surface area contributed by atoms with Crippen molar-refractivity contribution in [1.82, 2.24) is 19.5 Å². The molecule has 11 heteroatoms. The van der Waals surface area contributed by atoms with Crippen LogP contribution in [0.3, 0.4) is 0 Å². The summed E-state index contributed by atoms with van der Waals surface area (Å²) in [7, 11) is 1.78. The van der Waals surface area contributed by atoms with Crippen molar-refractivity contribution in [1.29, 1.82) is 0 Å². The van der Waals surface area contributed by atoms with Gasteiger partial charge in [0.05, 0.1) is 22.6 Å². The van der Waals surface area contributed by atoms with E-state index in [9.17, 15) is 18.0 Å². The van der Waals surface area contributed by atoms with Crippen molar-refractivity contribution in [2.45, 2.75) is 44.1 Å². The Morgan fingerprint density at radius 3 is 2.43 bits per heavy atom. The van der Waals surface area contributed by atoms with E-state index >= 15 is 0 Å². The summed E-state index contributed by atoms with van der Waals surface area (Å²) in [5.41, 5.74) is 1.47. The number of rotatable bonds is 6. The molecule has 35 heavy (non-hydrogen) atoms. The van der Waals surface area contributed by atoms with E-state index in [0.717, 1.165) is 43.8 Å². The first-order valence-electron chi connectivity index (χ1n) is 11.4. The van der Waals surface area contributed by atoms with E-state index < -0.39 is 12.2 Å². The maximum Gasteiger partial charge on any atom is 0.274 e. The van der Waals surface area contributed by atoms with Crippen LogP contribution in [0.15, 0.2) is 36.9 Å². The average molecular weight is 505 g/mol. The highest BCUT2D eigenvalue weighted by Gasteiger charge is 2.44. The highest BCUT2D eigenvalue weighted by molar-refractivity contribution is 6.31. The molecule has 184 valence electrons. The Kier molecular flexibility index (Phi) is 6.39. The van der Waals surface area contributed by atoms with Gasteiger partial charge in [-0.1, -0.05) is 11.6 Å². The molecule has 0 radical (unpaired) electrons. The van der Waals surface area contributed by atoms with Crippen molar-refractivity contribution < 1.29 is 18.0 Å². The molecule has 5 rings (SSSR count). The first-order valence-corrected chi connectivity index (χ1v) is 11.8. The fourth-order valence-corrected chi connectivity index (χ4v) is 5.63. The lowest BCUT2D eigenvalue weighted by Crippen LogP contribution is -2.20. The van der Waals surface area contributed by atoms with Gasteiger partial charge in [0.15, 0.2) is 0 Å². The topological polar surface area (TPSA) is 84.7 Å². The van der Waals surface area contributed by atoms with Crippen LogP contribution in [0.2, 0.25) is 5.02 Å². The summed E-state index contributed by atoms with van der Waals surface area (Å²) in [6, 6.07) is 4.23. The summed E-state index contributed by atoms with van der Waals surface area (Å²) >= 11 is 5.84. The zero-order chi connectivity index (χ0) is 24.7. The van der Waals surface area contributed by atoms with Crippen LogP contribution in [0, 0.1) is 17.7 Å². The molecule has 0 aliphatic heterocycles. The third-order valence-electron chi connectivity index (χ3n) is 7.02. The van der Waals surface area contributed by atoms with E-state index in [1.807, 2.05) is 0 Å². The van der Waals surface area contributed by atoms with Gasteiger partial charge in [0.1, 0.15) is 11.5 Å². The minimum atomic E-state index is -2.58. The molecule has 0 bridgehead atoms. The Balaban J connectivity index is 1.23. The zero-order valence-corrected chi connectivity index (χ0v) is 19.6. The number of anilines is 2. The molecule has 2 aliphatic rings. The average Bonchev–Trinajstić information content (AvgIpc) is 3.49. The Hall–Kier alpha value is -3.14. The number of carbonyl (C=O) groups is 1. The molecule has 7 nitrogen and oxygen atoms in total. The standard InChI is InChI=1S/C24H24ClF3N6O/c1-34-11-31-20(21(34)23(35)32-16-2-3-19(26)18(25)8-16)14-4-12-6-17(7-13(12)5-14)33-24-29-9-15(10-30-24)22(27)28/h2-3,8-14,17,22H,4-7H2,1H3,(H,32,35)(H,29,30,33). The lowest BCUT2D eigenvalue weighted by Gasteiger charge is -2.17. The van der Waals surface area contributed by atoms with Gasteiger partial charge in [-0.05, 0) is 55.7 Å². The first kappa shape index (κ1) is 23.6. The number of aromatic nitrogens is 4. The number of benzene rings is 1. The van der Waals surface area contributed by atoms with E-state index in [2.05, 4.69) is 25.6 Å². The second-order valence-corrected chi connectivity index (χ2v) is 9.72. The van der Waals surface area contributed by atoms with Crippen LogP contribution in [0.1, 0.15) is 59.8 Å². The predicted octanol–water partition coefficient (Wildman–Crippen LogP) is 5.58. The number of hydrogen-bond donors (Lipinski definition) is 2. The number of nitrogens with zero attached hydrogens (tertiary/aromatic N) is 4. The molecule has 2 saturated carbocycles. The minimum absolute atomic E-state index is 0.0600. The fourth-order valence-electron chi connectivity index (χ4n) is 5.45. The summed E-state index contributed by atoms with van der Waals surface area (Å²) in [4.78, 5) is 25.6. The number of nitrogens with one attached hydrogen (secondary N) is 2. The Labute approximate surface area is 205 Å². The zero-order valence-electron chi connectivity index (χ0n) is 18.9. The van der Waals surface area contributed by atoms with Crippen LogP contribution < -0.4 is 10.6 Å². The van der Waals surface area contributed by atoms with Gasteiger partial charge < -0.3 is 15.2 Å². The molecule has 2 N–H and O–H groups in total. The van der Waals surface area contributed by atoms with E-state index in [4.69, 9.17) is 11.6 Å². The van der Waals surface area contributed by atoms with E-state index in [1.165, 1.54) is 18.2 Å². The van der Waals surface area contributed by atoms with Crippen molar-refractivity contribution in [3.05, 3.63) is 64.7 Å². The number of imidazole rings is 1. The monoisotopic (exact) mass is 504 g/mol. The maximum absolute atomic E-state index is 13.5. The van der Waals surface area contributed by atoms with Crippen LogP contribution in [0.4, 0.5) is 24.8 Å². The van der Waals surface area contributed by atoms with Crippen molar-refractivity contribution in [2.75, 3.05) is 10.6 Å². The number of amides is 1. The molecule has 1 aromatic carbocycles. The molecule has 3 aromatic rings. The summed E-state index contributed by atoms with van der Waals surface area (Å²) in [5.74, 6) is 0.585. The highest BCUT2D eigenvalue weighted by Crippen LogP contribution is 2.51. The van der Waals surface area contributed by atoms with Gasteiger partial charge in [0.25, 0.3) is 12.3 Å². The van der Waals surface area contributed by atoms with Crippen molar-refractivity contribution in [3.63, 3.8) is 0 Å². The number of hydrogen-bond acceptors (Lipinski definition) is 5. The molecular weight excluding hydrogens is 481 g/mol. The van der Waals surface area contributed by atoms with Gasteiger partial charge in [0.2, 0.25) is 5.95 Å². The van der Waals surface area contributed by atoms with Crippen LogP contribution in [0.5, 0.6) is 0 Å². The SMILES string of the molecule is Cn1cnc(C2CC3CC(Nc4ncc(C(F)F)cn4)CC3C2)c1C(=O)Nc1ccc(F)c(Cl)c1. The van der Waals surface area contributed by atoms with Gasteiger partial charge in [-0.3, -0.25) is 4.79 Å². The smallest absolute Gasteiger partial charge is 0.274 e. The van der Waals surface area contributed by atoms with Crippen LogP contribution >= 0.6 is 11.6 Å². The van der Waals surface area contributed by atoms with Gasteiger partial charge in [-0.25, -0.2) is 28.1 Å². The second kappa shape index (κ2) is 9.49. The molecule has 2 aliphatic carbocycles. The quantitative estimate of drug-likeness (QED) is 0.458. The summed E-state index contributed by atoms with van der Waals surface area (Å²) in [5, 5.41) is 6.00. The van der Waals surface area contributed by atoms with Gasteiger partial charge in [0, 0.05) is 37.1 Å². The number of carbonyl (C=O) groups excluding carboxylic acids is 1. The van der Waals surface area contributed by atoms with Crippen LogP contribution in [-0.2, 0) is 7.05 Å². The van der Waals surface area contributed by atoms with Crippen molar-refractivity contribution >= 4 is 29.1 Å². The lowest BCUT2D eigenvalue weighted by molar-refractivity contribution is 0.101. The Morgan fingerprint density at radius 1 is 1.11 bits per heavy atom. The molecule has 2 atom stereocenters. The number of aryl methyl sites for hydroxylation is 1. The number of halogens is 4. The van der Waals surface area contributed by atoms with Gasteiger partial charge in [-0.2, -0.15) is 0 Å². The molecule has 2 heterocycles. The fraction of sp³-hybridized carbons (Fsp3) is 0.417.